The van der Waals surface area contributed by atoms with Gasteiger partial charge in [-0.2, -0.15) is 0 Å². The molecule has 3 nitrogen and oxygen atoms in total. The topological polar surface area (TPSA) is 45.1 Å². The quantitative estimate of drug-likeness (QED) is 0.817. The lowest BCUT2D eigenvalue weighted by Crippen LogP contribution is -2.26. The Kier molecular flexibility index (Phi) is 2.73. The first-order chi connectivity index (χ1) is 7.81. The van der Waals surface area contributed by atoms with E-state index in [1.54, 1.807) is 0 Å². The maximum absolute atomic E-state index is 9.20. The van der Waals surface area contributed by atoms with Gasteiger partial charge in [0.25, 0.3) is 0 Å². The molecule has 0 aromatic carbocycles. The highest BCUT2D eigenvalue weighted by Crippen LogP contribution is 2.44. The molecule has 1 aromatic rings. The van der Waals surface area contributed by atoms with E-state index in [0.29, 0.717) is 6.61 Å². The van der Waals surface area contributed by atoms with Gasteiger partial charge in [-0.25, -0.2) is 4.98 Å². The van der Waals surface area contributed by atoms with E-state index in [1.807, 2.05) is 11.3 Å². The fourth-order valence-corrected chi connectivity index (χ4v) is 3.45. The second-order valence-corrected chi connectivity index (χ2v) is 6.26. The van der Waals surface area contributed by atoms with Crippen molar-refractivity contribution in [2.24, 2.45) is 5.41 Å². The van der Waals surface area contributed by atoms with Crippen LogP contribution < -0.4 is 5.32 Å². The minimum atomic E-state index is 0.208. The smallest absolute Gasteiger partial charge is 0.107 e. The van der Waals surface area contributed by atoms with Gasteiger partial charge in [-0.3, -0.25) is 0 Å². The number of nitrogens with one attached hydrogen (secondary N) is 1. The predicted octanol–water partition coefficient (Wildman–Crippen LogP) is 1.49. The Bertz CT molecular complexity index is 363. The van der Waals surface area contributed by atoms with Crippen LogP contribution in [-0.4, -0.2) is 23.2 Å². The summed E-state index contributed by atoms with van der Waals surface area (Å²) in [5, 5.41) is 13.8. The van der Waals surface area contributed by atoms with Gasteiger partial charge in [-0.15, -0.1) is 11.3 Å². The summed E-state index contributed by atoms with van der Waals surface area (Å²) in [6.07, 6.45) is 6.03. The molecule has 0 aliphatic heterocycles. The molecule has 2 aliphatic carbocycles. The molecule has 0 spiro atoms. The second-order valence-electron chi connectivity index (χ2n) is 5.09. The van der Waals surface area contributed by atoms with Gasteiger partial charge in [0.1, 0.15) is 5.01 Å². The number of aliphatic hydroxyl groups excluding tert-OH is 1. The Labute approximate surface area is 99.9 Å². The van der Waals surface area contributed by atoms with E-state index in [9.17, 15) is 5.11 Å². The van der Waals surface area contributed by atoms with Crippen LogP contribution in [-0.2, 0) is 19.4 Å². The van der Waals surface area contributed by atoms with E-state index in [2.05, 4.69) is 10.3 Å². The SMILES string of the molecule is OCC1(CNCc2nc3c(s2)CCC3)CC1. The highest BCUT2D eigenvalue weighted by molar-refractivity contribution is 7.11. The summed E-state index contributed by atoms with van der Waals surface area (Å²) in [5.41, 5.74) is 1.55. The molecule has 2 N–H and O–H groups in total. The number of hydrogen-bond acceptors (Lipinski definition) is 4. The molecule has 0 atom stereocenters. The fourth-order valence-electron chi connectivity index (χ4n) is 2.32. The van der Waals surface area contributed by atoms with E-state index in [1.165, 1.54) is 47.7 Å². The van der Waals surface area contributed by atoms with Crippen molar-refractivity contribution in [1.82, 2.24) is 10.3 Å². The summed E-state index contributed by atoms with van der Waals surface area (Å²) in [6.45, 7) is 2.14. The zero-order chi connectivity index (χ0) is 11.0. The Hall–Kier alpha value is -0.450. The molecule has 0 unspecified atom stereocenters. The average Bonchev–Trinajstić information content (AvgIpc) is 2.74. The monoisotopic (exact) mass is 238 g/mol. The largest absolute Gasteiger partial charge is 0.396 e. The van der Waals surface area contributed by atoms with E-state index in [0.717, 1.165) is 13.1 Å². The summed E-state index contributed by atoms with van der Waals surface area (Å²) >= 11 is 1.86. The van der Waals surface area contributed by atoms with Gasteiger partial charge in [-0.1, -0.05) is 0 Å². The number of aliphatic hydroxyl groups is 1. The first kappa shape index (κ1) is 10.7. The highest BCUT2D eigenvalue weighted by atomic mass is 32.1. The Balaban J connectivity index is 1.51. The van der Waals surface area contributed by atoms with Crippen molar-refractivity contribution in [2.75, 3.05) is 13.2 Å². The molecule has 1 heterocycles. The normalized spacial score (nSPS) is 21.1. The van der Waals surface area contributed by atoms with Crippen LogP contribution in [0.3, 0.4) is 0 Å². The minimum absolute atomic E-state index is 0.208. The molecule has 3 rings (SSSR count). The summed E-state index contributed by atoms with van der Waals surface area (Å²) in [6, 6.07) is 0. The molecule has 2 aliphatic rings. The van der Waals surface area contributed by atoms with Gasteiger partial charge in [0.15, 0.2) is 0 Å². The number of aromatic nitrogens is 1. The van der Waals surface area contributed by atoms with Crippen molar-refractivity contribution in [2.45, 2.75) is 38.6 Å². The number of aryl methyl sites for hydroxylation is 2. The maximum Gasteiger partial charge on any atom is 0.107 e. The minimum Gasteiger partial charge on any atom is -0.396 e. The lowest BCUT2D eigenvalue weighted by molar-refractivity contribution is 0.207. The summed E-state index contributed by atoms with van der Waals surface area (Å²) in [5.74, 6) is 0. The van der Waals surface area contributed by atoms with Crippen molar-refractivity contribution in [3.05, 3.63) is 15.6 Å². The standard InChI is InChI=1S/C12H18N2OS/c15-8-12(4-5-12)7-13-6-11-14-9-2-1-3-10(9)16-11/h13,15H,1-8H2. The molecular formula is C12H18N2OS. The van der Waals surface area contributed by atoms with Crippen molar-refractivity contribution in [3.63, 3.8) is 0 Å². The lowest BCUT2D eigenvalue weighted by atomic mass is 10.1. The average molecular weight is 238 g/mol. The third kappa shape index (κ3) is 2.01. The molecule has 0 bridgehead atoms. The lowest BCUT2D eigenvalue weighted by Gasteiger charge is -2.11. The van der Waals surface area contributed by atoms with E-state index >= 15 is 0 Å². The second kappa shape index (κ2) is 4.09. The first-order valence-corrected chi connectivity index (χ1v) is 6.92. The van der Waals surface area contributed by atoms with Crippen molar-refractivity contribution < 1.29 is 5.11 Å². The summed E-state index contributed by atoms with van der Waals surface area (Å²) in [7, 11) is 0. The molecule has 88 valence electrons. The number of thiazole rings is 1. The zero-order valence-electron chi connectivity index (χ0n) is 9.46. The van der Waals surface area contributed by atoms with Gasteiger partial charge in [0.05, 0.1) is 5.69 Å². The molecule has 1 saturated carbocycles. The van der Waals surface area contributed by atoms with Crippen LogP contribution in [0, 0.1) is 5.41 Å². The molecule has 4 heteroatoms. The van der Waals surface area contributed by atoms with Crippen molar-refractivity contribution in [1.29, 1.82) is 0 Å². The number of fused-ring (bicyclic) bond motifs is 1. The van der Waals surface area contributed by atoms with Gasteiger partial charge < -0.3 is 10.4 Å². The Morgan fingerprint density at radius 3 is 2.94 bits per heavy atom. The van der Waals surface area contributed by atoms with Crippen LogP contribution in [0.25, 0.3) is 0 Å². The summed E-state index contributed by atoms with van der Waals surface area (Å²) < 4.78 is 0. The number of hydrogen-bond donors (Lipinski definition) is 2. The summed E-state index contributed by atoms with van der Waals surface area (Å²) in [4.78, 5) is 6.15. The van der Waals surface area contributed by atoms with Crippen molar-refractivity contribution >= 4 is 11.3 Å². The molecule has 16 heavy (non-hydrogen) atoms. The van der Waals surface area contributed by atoms with E-state index in [4.69, 9.17) is 0 Å². The third-order valence-corrected chi connectivity index (χ3v) is 4.87. The van der Waals surface area contributed by atoms with Crippen LogP contribution in [0.1, 0.15) is 34.8 Å². The Morgan fingerprint density at radius 2 is 2.25 bits per heavy atom. The molecule has 1 fully saturated rings. The molecule has 0 amide bonds. The fraction of sp³-hybridized carbons (Fsp3) is 0.750. The van der Waals surface area contributed by atoms with Crippen LogP contribution in [0.4, 0.5) is 0 Å². The number of rotatable bonds is 5. The zero-order valence-corrected chi connectivity index (χ0v) is 10.3. The highest BCUT2D eigenvalue weighted by Gasteiger charge is 2.41. The van der Waals surface area contributed by atoms with Crippen LogP contribution in [0.15, 0.2) is 0 Å². The Morgan fingerprint density at radius 1 is 1.38 bits per heavy atom. The van der Waals surface area contributed by atoms with Crippen LogP contribution in [0.5, 0.6) is 0 Å². The van der Waals surface area contributed by atoms with Crippen molar-refractivity contribution in [3.8, 4) is 0 Å². The third-order valence-electron chi connectivity index (χ3n) is 3.71. The van der Waals surface area contributed by atoms with Gasteiger partial charge in [-0.05, 0) is 32.1 Å². The predicted molar refractivity (Wildman–Crippen MR) is 64.6 cm³/mol. The van der Waals surface area contributed by atoms with E-state index < -0.39 is 0 Å². The van der Waals surface area contributed by atoms with E-state index in [-0.39, 0.29) is 5.41 Å². The molecule has 0 radical (unpaired) electrons. The maximum atomic E-state index is 9.20. The van der Waals surface area contributed by atoms with Gasteiger partial charge in [0, 0.05) is 30.0 Å². The van der Waals surface area contributed by atoms with Crippen LogP contribution in [0.2, 0.25) is 0 Å². The molecule has 1 aromatic heterocycles. The molecule has 0 saturated heterocycles. The number of nitrogens with zero attached hydrogens (tertiary/aromatic N) is 1. The first-order valence-electron chi connectivity index (χ1n) is 6.10. The van der Waals surface area contributed by atoms with Gasteiger partial charge >= 0.3 is 0 Å². The molecular weight excluding hydrogens is 220 g/mol. The van der Waals surface area contributed by atoms with Crippen LogP contribution >= 0.6 is 11.3 Å². The van der Waals surface area contributed by atoms with Gasteiger partial charge in [0.2, 0.25) is 0 Å².